The summed E-state index contributed by atoms with van der Waals surface area (Å²) in [5, 5.41) is 3.43. The molecule has 0 aliphatic heterocycles. The molecule has 5 heteroatoms. The van der Waals surface area contributed by atoms with E-state index in [2.05, 4.69) is 29.6 Å². The average molecular weight is 433 g/mol. The molecule has 0 aromatic heterocycles. The van der Waals surface area contributed by atoms with Crippen molar-refractivity contribution in [3.8, 4) is 11.1 Å². The molecule has 0 atom stereocenters. The van der Waals surface area contributed by atoms with E-state index in [0.29, 0.717) is 30.3 Å². The lowest BCUT2D eigenvalue weighted by molar-refractivity contribution is 0.143. The van der Waals surface area contributed by atoms with Crippen LogP contribution >= 0.6 is 11.6 Å². The molecule has 0 radical (unpaired) electrons. The van der Waals surface area contributed by atoms with Gasteiger partial charge < -0.3 is 15.8 Å². The smallest absolute Gasteiger partial charge is 0.407 e. The lowest BCUT2D eigenvalue weighted by atomic mass is 9.98. The number of nitrogens with two attached hydrogens (primary N) is 1. The number of anilines is 1. The summed E-state index contributed by atoms with van der Waals surface area (Å²) < 4.78 is 5.54. The maximum absolute atomic E-state index is 12.2. The summed E-state index contributed by atoms with van der Waals surface area (Å²) in [6, 6.07) is 20.3. The van der Waals surface area contributed by atoms with Crippen LogP contribution in [-0.4, -0.2) is 19.2 Å². The number of halogens is 1. The number of carbonyl (C=O) groups is 1. The van der Waals surface area contributed by atoms with Crippen LogP contribution in [0.4, 0.5) is 10.5 Å². The van der Waals surface area contributed by atoms with E-state index in [1.165, 1.54) is 22.3 Å². The number of hydrogen-bond acceptors (Lipinski definition) is 3. The van der Waals surface area contributed by atoms with Crippen LogP contribution in [0.3, 0.4) is 0 Å². The Labute approximate surface area is 187 Å². The first kappa shape index (κ1) is 21.0. The van der Waals surface area contributed by atoms with Crippen molar-refractivity contribution in [2.24, 2.45) is 0 Å². The van der Waals surface area contributed by atoms with Gasteiger partial charge in [-0.1, -0.05) is 72.3 Å². The lowest BCUT2D eigenvalue weighted by Gasteiger charge is -2.14. The van der Waals surface area contributed by atoms with Gasteiger partial charge in [0.05, 0.1) is 0 Å². The number of benzene rings is 3. The van der Waals surface area contributed by atoms with E-state index in [1.54, 1.807) is 6.07 Å². The van der Waals surface area contributed by atoms with Gasteiger partial charge in [0.1, 0.15) is 6.61 Å². The number of amides is 1. The zero-order valence-corrected chi connectivity index (χ0v) is 18.2. The Morgan fingerprint density at radius 1 is 1.10 bits per heavy atom. The largest absolute Gasteiger partial charge is 0.449 e. The number of carbonyl (C=O) groups excluding carboxylic acids is 1. The number of nitrogens with one attached hydrogen (secondary N) is 1. The molecule has 1 amide bonds. The Hall–Kier alpha value is -3.24. The monoisotopic (exact) mass is 432 g/mol. The number of nitrogen functional groups attached to an aromatic ring is 1. The van der Waals surface area contributed by atoms with Gasteiger partial charge in [0.2, 0.25) is 0 Å². The molecule has 0 heterocycles. The molecule has 4 rings (SSSR count). The van der Waals surface area contributed by atoms with Crippen molar-refractivity contribution >= 4 is 29.5 Å². The molecular formula is C26H25ClN2O2. The van der Waals surface area contributed by atoms with E-state index in [9.17, 15) is 4.79 Å². The van der Waals surface area contributed by atoms with Crippen LogP contribution in [0, 0.1) is 6.92 Å². The van der Waals surface area contributed by atoms with Gasteiger partial charge in [-0.2, -0.15) is 0 Å². The summed E-state index contributed by atoms with van der Waals surface area (Å²) in [4.78, 5) is 12.2. The first-order valence-corrected chi connectivity index (χ1v) is 10.7. The van der Waals surface area contributed by atoms with E-state index in [-0.39, 0.29) is 5.92 Å². The standard InChI is InChI=1S/C26H25ClN2O2/c1-17-14-18(24(27)15-25(17)28)8-6-7-13-29-26(30)31-16-23-21-11-4-2-9-19(21)20-10-3-5-12-22(20)23/h2-6,8-12,14-15,23H,7,13,16,28H2,1H3,(H,29,30). The van der Waals surface area contributed by atoms with Crippen molar-refractivity contribution in [2.45, 2.75) is 19.3 Å². The minimum absolute atomic E-state index is 0.0638. The van der Waals surface area contributed by atoms with E-state index in [1.807, 2.05) is 49.4 Å². The molecule has 0 spiro atoms. The van der Waals surface area contributed by atoms with Crippen molar-refractivity contribution < 1.29 is 9.53 Å². The van der Waals surface area contributed by atoms with Crippen molar-refractivity contribution in [3.63, 3.8) is 0 Å². The van der Waals surface area contributed by atoms with Crippen molar-refractivity contribution in [1.29, 1.82) is 0 Å². The zero-order chi connectivity index (χ0) is 21.8. The summed E-state index contributed by atoms with van der Waals surface area (Å²) in [7, 11) is 0. The molecular weight excluding hydrogens is 408 g/mol. The highest BCUT2D eigenvalue weighted by molar-refractivity contribution is 6.32. The fraction of sp³-hybridized carbons (Fsp3) is 0.192. The predicted molar refractivity (Wildman–Crippen MR) is 127 cm³/mol. The molecule has 0 saturated heterocycles. The Kier molecular flexibility index (Phi) is 6.28. The van der Waals surface area contributed by atoms with Crippen LogP contribution in [0.2, 0.25) is 5.02 Å². The molecule has 3 aromatic rings. The fourth-order valence-electron chi connectivity index (χ4n) is 3.96. The molecule has 0 unspecified atom stereocenters. The van der Waals surface area contributed by atoms with Crippen molar-refractivity contribution in [1.82, 2.24) is 5.32 Å². The second kappa shape index (κ2) is 9.27. The number of ether oxygens (including phenoxy) is 1. The van der Waals surface area contributed by atoms with Crippen molar-refractivity contribution in [3.05, 3.63) is 94.0 Å². The number of alkyl carbamates (subject to hydrolysis) is 1. The molecule has 1 aliphatic rings. The van der Waals surface area contributed by atoms with Crippen LogP contribution in [0.5, 0.6) is 0 Å². The van der Waals surface area contributed by atoms with Crippen LogP contribution < -0.4 is 11.1 Å². The van der Waals surface area contributed by atoms with Gasteiger partial charge in [0, 0.05) is 23.2 Å². The number of rotatable bonds is 6. The quantitative estimate of drug-likeness (QED) is 0.361. The second-order valence-electron chi connectivity index (χ2n) is 7.67. The summed E-state index contributed by atoms with van der Waals surface area (Å²) in [6.45, 7) is 2.75. The fourth-order valence-corrected chi connectivity index (χ4v) is 4.20. The Bertz CT molecular complexity index is 1090. The first-order chi connectivity index (χ1) is 15.0. The molecule has 4 nitrogen and oxygen atoms in total. The predicted octanol–water partition coefficient (Wildman–Crippen LogP) is 6.17. The highest BCUT2D eigenvalue weighted by Gasteiger charge is 2.28. The van der Waals surface area contributed by atoms with Gasteiger partial charge >= 0.3 is 6.09 Å². The van der Waals surface area contributed by atoms with Gasteiger partial charge in [-0.05, 0) is 58.9 Å². The van der Waals surface area contributed by atoms with E-state index < -0.39 is 6.09 Å². The molecule has 3 N–H and O–H groups in total. The topological polar surface area (TPSA) is 64.3 Å². The SMILES string of the molecule is Cc1cc(C=CCCNC(=O)OCC2c3ccccc3-c3ccccc32)c(Cl)cc1N. The maximum Gasteiger partial charge on any atom is 0.407 e. The van der Waals surface area contributed by atoms with Crippen LogP contribution in [0.1, 0.15) is 34.6 Å². The first-order valence-electron chi connectivity index (χ1n) is 10.4. The number of fused-ring (bicyclic) bond motifs is 3. The highest BCUT2D eigenvalue weighted by atomic mass is 35.5. The number of aryl methyl sites for hydroxylation is 1. The highest BCUT2D eigenvalue weighted by Crippen LogP contribution is 2.44. The van der Waals surface area contributed by atoms with Gasteiger partial charge in [-0.25, -0.2) is 4.79 Å². The maximum atomic E-state index is 12.2. The Balaban J connectivity index is 1.28. The normalized spacial score (nSPS) is 12.6. The van der Waals surface area contributed by atoms with E-state index >= 15 is 0 Å². The number of hydrogen-bond donors (Lipinski definition) is 2. The van der Waals surface area contributed by atoms with Gasteiger partial charge in [0.15, 0.2) is 0 Å². The Morgan fingerprint density at radius 3 is 2.42 bits per heavy atom. The van der Waals surface area contributed by atoms with Crippen molar-refractivity contribution in [2.75, 3.05) is 18.9 Å². The zero-order valence-electron chi connectivity index (χ0n) is 17.4. The van der Waals surface area contributed by atoms with Gasteiger partial charge in [-0.3, -0.25) is 0 Å². The Morgan fingerprint density at radius 2 is 1.74 bits per heavy atom. The minimum atomic E-state index is -0.406. The third-order valence-electron chi connectivity index (χ3n) is 5.61. The third kappa shape index (κ3) is 4.59. The molecule has 0 bridgehead atoms. The molecule has 31 heavy (non-hydrogen) atoms. The molecule has 3 aromatic carbocycles. The summed E-state index contributed by atoms with van der Waals surface area (Å²) in [5.41, 5.74) is 13.3. The van der Waals surface area contributed by atoms with Gasteiger partial charge in [0.25, 0.3) is 0 Å². The molecule has 0 saturated carbocycles. The van der Waals surface area contributed by atoms with Crippen LogP contribution in [-0.2, 0) is 4.74 Å². The summed E-state index contributed by atoms with van der Waals surface area (Å²) >= 11 is 6.22. The lowest BCUT2D eigenvalue weighted by Crippen LogP contribution is -2.26. The van der Waals surface area contributed by atoms with E-state index in [4.69, 9.17) is 22.1 Å². The average Bonchev–Trinajstić information content (AvgIpc) is 3.09. The van der Waals surface area contributed by atoms with Crippen LogP contribution in [0.15, 0.2) is 66.7 Å². The third-order valence-corrected chi connectivity index (χ3v) is 5.93. The summed E-state index contributed by atoms with van der Waals surface area (Å²) in [6.07, 6.45) is 4.18. The van der Waals surface area contributed by atoms with Crippen LogP contribution in [0.25, 0.3) is 17.2 Å². The molecule has 0 fully saturated rings. The molecule has 1 aliphatic carbocycles. The molecule has 158 valence electrons. The van der Waals surface area contributed by atoms with Gasteiger partial charge in [-0.15, -0.1) is 0 Å². The van der Waals surface area contributed by atoms with E-state index in [0.717, 1.165) is 11.1 Å². The summed E-state index contributed by atoms with van der Waals surface area (Å²) in [5.74, 6) is 0.0638. The minimum Gasteiger partial charge on any atom is -0.449 e. The second-order valence-corrected chi connectivity index (χ2v) is 8.08.